The highest BCUT2D eigenvalue weighted by Crippen LogP contribution is 2.23. The van der Waals surface area contributed by atoms with Crippen LogP contribution in [0.1, 0.15) is 13.3 Å². The van der Waals surface area contributed by atoms with Crippen LogP contribution >= 0.6 is 0 Å². The molecule has 2 atom stereocenters. The van der Waals surface area contributed by atoms with Gasteiger partial charge in [-0.2, -0.15) is 17.0 Å². The lowest BCUT2D eigenvalue weighted by atomic mass is 10.1. The number of nitrogens with zero attached hydrogens (tertiary/aromatic N) is 3. The first kappa shape index (κ1) is 15.8. The molecule has 0 aromatic heterocycles. The zero-order chi connectivity index (χ0) is 13.9. The van der Waals surface area contributed by atoms with Gasteiger partial charge in [0.25, 0.3) is 10.2 Å². The highest BCUT2D eigenvalue weighted by molar-refractivity contribution is 7.86. The molecule has 1 rings (SSSR count). The van der Waals surface area contributed by atoms with Crippen molar-refractivity contribution in [3.8, 4) is 0 Å². The molecule has 1 fully saturated rings. The van der Waals surface area contributed by atoms with Crippen LogP contribution in [0.3, 0.4) is 0 Å². The predicted molar refractivity (Wildman–Crippen MR) is 73.4 cm³/mol. The minimum Gasteiger partial charge on any atom is -0.330 e. The first-order chi connectivity index (χ1) is 8.30. The number of hydrogen-bond donors (Lipinski definition) is 1. The van der Waals surface area contributed by atoms with E-state index in [0.717, 1.165) is 0 Å². The fraction of sp³-hybridized carbons (Fsp3) is 1.00. The maximum atomic E-state index is 12.3. The number of hydrogen-bond acceptors (Lipinski definition) is 4. The van der Waals surface area contributed by atoms with Crippen LogP contribution in [0.4, 0.5) is 0 Å². The zero-order valence-electron chi connectivity index (χ0n) is 11.8. The van der Waals surface area contributed by atoms with Gasteiger partial charge in [-0.15, -0.1) is 0 Å². The molecule has 6 nitrogen and oxygen atoms in total. The molecule has 1 heterocycles. The summed E-state index contributed by atoms with van der Waals surface area (Å²) in [5.74, 6) is 0.359. The van der Waals surface area contributed by atoms with Crippen molar-refractivity contribution >= 4 is 10.2 Å². The van der Waals surface area contributed by atoms with Gasteiger partial charge in [-0.3, -0.25) is 0 Å². The lowest BCUT2D eigenvalue weighted by Gasteiger charge is -2.25. The van der Waals surface area contributed by atoms with Gasteiger partial charge in [0.15, 0.2) is 0 Å². The van der Waals surface area contributed by atoms with E-state index in [2.05, 4.69) is 11.8 Å². The highest BCUT2D eigenvalue weighted by Gasteiger charge is 2.38. The van der Waals surface area contributed by atoms with Gasteiger partial charge >= 0.3 is 0 Å². The minimum absolute atomic E-state index is 0.294. The Kier molecular flexibility index (Phi) is 5.54. The lowest BCUT2D eigenvalue weighted by Crippen LogP contribution is -2.42. The Hall–Kier alpha value is -0.210. The third-order valence-corrected chi connectivity index (χ3v) is 5.52. The van der Waals surface area contributed by atoms with Gasteiger partial charge in [-0.25, -0.2) is 0 Å². The van der Waals surface area contributed by atoms with Gasteiger partial charge in [0, 0.05) is 32.7 Å². The topological polar surface area (TPSA) is 69.9 Å². The maximum Gasteiger partial charge on any atom is 0.281 e. The molecule has 0 aromatic rings. The fourth-order valence-corrected chi connectivity index (χ4v) is 3.91. The lowest BCUT2D eigenvalue weighted by molar-refractivity contribution is 0.262. The summed E-state index contributed by atoms with van der Waals surface area (Å²) < 4.78 is 27.7. The molecule has 1 aliphatic heterocycles. The minimum atomic E-state index is -3.33. The maximum absolute atomic E-state index is 12.3. The van der Waals surface area contributed by atoms with Gasteiger partial charge in [0.1, 0.15) is 0 Å². The van der Waals surface area contributed by atoms with Gasteiger partial charge in [0.2, 0.25) is 0 Å². The summed E-state index contributed by atoms with van der Waals surface area (Å²) in [6.07, 6.45) is 0.691. The van der Waals surface area contributed by atoms with Gasteiger partial charge in [0.05, 0.1) is 0 Å². The molecular weight excluding hydrogens is 252 g/mol. The normalized spacial score (nSPS) is 26.4. The van der Waals surface area contributed by atoms with Crippen LogP contribution in [-0.2, 0) is 10.2 Å². The van der Waals surface area contributed by atoms with Crippen molar-refractivity contribution in [2.45, 2.75) is 19.4 Å². The standard InChI is InChI=1S/C11H26N4O2S/c1-10-8-15(9-11(10)13(2)3)18(16,17)14(4)7-5-6-12/h10-11H,5-9,12H2,1-4H3. The van der Waals surface area contributed by atoms with Crippen molar-refractivity contribution < 1.29 is 8.42 Å². The molecule has 2 unspecified atom stereocenters. The third-order valence-electron chi connectivity index (χ3n) is 3.60. The van der Waals surface area contributed by atoms with Crippen molar-refractivity contribution in [2.24, 2.45) is 11.7 Å². The van der Waals surface area contributed by atoms with Crippen molar-refractivity contribution in [1.82, 2.24) is 13.5 Å². The molecule has 108 valence electrons. The molecule has 0 aliphatic carbocycles. The van der Waals surface area contributed by atoms with Crippen LogP contribution < -0.4 is 5.73 Å². The Labute approximate surface area is 111 Å². The van der Waals surface area contributed by atoms with Crippen LogP contribution in [0.25, 0.3) is 0 Å². The first-order valence-electron chi connectivity index (χ1n) is 6.38. The summed E-state index contributed by atoms with van der Waals surface area (Å²) in [4.78, 5) is 2.10. The second-order valence-electron chi connectivity index (χ2n) is 5.30. The van der Waals surface area contributed by atoms with Gasteiger partial charge < -0.3 is 10.6 Å². The Bertz CT molecular complexity index is 358. The predicted octanol–water partition coefficient (Wildman–Crippen LogP) is -0.606. The SMILES string of the molecule is CC1CN(S(=O)(=O)N(C)CCCN)CC1N(C)C. The molecule has 0 bridgehead atoms. The van der Waals surface area contributed by atoms with E-state index < -0.39 is 10.2 Å². The van der Waals surface area contributed by atoms with E-state index in [1.54, 1.807) is 11.4 Å². The molecule has 0 saturated carbocycles. The van der Waals surface area contributed by atoms with E-state index >= 15 is 0 Å². The quantitative estimate of drug-likeness (QED) is 0.704. The molecule has 1 aliphatic rings. The molecular formula is C11H26N4O2S. The average Bonchev–Trinajstić information content (AvgIpc) is 2.68. The zero-order valence-corrected chi connectivity index (χ0v) is 12.7. The second kappa shape index (κ2) is 6.29. The number of rotatable bonds is 6. The Morgan fingerprint density at radius 2 is 1.89 bits per heavy atom. The average molecular weight is 278 g/mol. The molecule has 0 amide bonds. The van der Waals surface area contributed by atoms with Crippen LogP contribution in [0.2, 0.25) is 0 Å². The van der Waals surface area contributed by atoms with Crippen LogP contribution in [0.5, 0.6) is 0 Å². The molecule has 0 spiro atoms. The summed E-state index contributed by atoms with van der Waals surface area (Å²) in [5.41, 5.74) is 5.42. The van der Waals surface area contributed by atoms with E-state index in [1.807, 2.05) is 14.1 Å². The van der Waals surface area contributed by atoms with Gasteiger partial charge in [-0.05, 0) is 33.0 Å². The van der Waals surface area contributed by atoms with E-state index in [9.17, 15) is 8.42 Å². The Morgan fingerprint density at radius 1 is 1.28 bits per heavy atom. The van der Waals surface area contributed by atoms with Gasteiger partial charge in [-0.1, -0.05) is 6.92 Å². The van der Waals surface area contributed by atoms with E-state index in [1.165, 1.54) is 4.31 Å². The molecule has 1 saturated heterocycles. The van der Waals surface area contributed by atoms with Crippen molar-refractivity contribution in [3.05, 3.63) is 0 Å². The van der Waals surface area contributed by atoms with Crippen LogP contribution in [0.15, 0.2) is 0 Å². The molecule has 7 heteroatoms. The second-order valence-corrected chi connectivity index (χ2v) is 7.33. The van der Waals surface area contributed by atoms with E-state index in [0.29, 0.717) is 44.6 Å². The van der Waals surface area contributed by atoms with Crippen molar-refractivity contribution in [1.29, 1.82) is 0 Å². The van der Waals surface area contributed by atoms with Crippen molar-refractivity contribution in [2.75, 3.05) is 47.3 Å². The molecule has 2 N–H and O–H groups in total. The third kappa shape index (κ3) is 3.42. The van der Waals surface area contributed by atoms with Crippen LogP contribution in [-0.4, -0.2) is 75.3 Å². The summed E-state index contributed by atoms with van der Waals surface area (Å²) in [6, 6.07) is 0.294. The first-order valence-corrected chi connectivity index (χ1v) is 7.78. The fourth-order valence-electron chi connectivity index (χ4n) is 2.39. The molecule has 0 aromatic carbocycles. The van der Waals surface area contributed by atoms with Crippen molar-refractivity contribution in [3.63, 3.8) is 0 Å². The smallest absolute Gasteiger partial charge is 0.281 e. The molecule has 0 radical (unpaired) electrons. The summed E-state index contributed by atoms with van der Waals surface area (Å²) >= 11 is 0. The largest absolute Gasteiger partial charge is 0.330 e. The number of nitrogens with two attached hydrogens (primary N) is 1. The number of likely N-dealkylation sites (N-methyl/N-ethyl adjacent to an activating group) is 1. The Balaban J connectivity index is 2.70. The monoisotopic (exact) mass is 278 g/mol. The summed E-state index contributed by atoms with van der Waals surface area (Å²) in [7, 11) is 2.29. The summed E-state index contributed by atoms with van der Waals surface area (Å²) in [6.45, 7) is 4.26. The van der Waals surface area contributed by atoms with E-state index in [4.69, 9.17) is 5.73 Å². The van der Waals surface area contributed by atoms with E-state index in [-0.39, 0.29) is 0 Å². The molecule has 18 heavy (non-hydrogen) atoms. The van der Waals surface area contributed by atoms with Crippen LogP contribution in [0, 0.1) is 5.92 Å². The summed E-state index contributed by atoms with van der Waals surface area (Å²) in [5, 5.41) is 0. The Morgan fingerprint density at radius 3 is 2.33 bits per heavy atom. The highest BCUT2D eigenvalue weighted by atomic mass is 32.2.